The summed E-state index contributed by atoms with van der Waals surface area (Å²) in [7, 11) is 0. The standard InChI is InChI=1S/C15H21ClN2O4/c1-4-9(3)13(15(21)22)17-14(20)11(5-2)18-8-10(16)6-7-12(18)19/h6-9,11,13H,4-5H2,1-3H3,(H,17,20)(H,21,22). The first-order valence-corrected chi connectivity index (χ1v) is 7.60. The Bertz CT molecular complexity index is 599. The van der Waals surface area contributed by atoms with E-state index in [-0.39, 0.29) is 11.5 Å². The Balaban J connectivity index is 3.04. The molecule has 2 N–H and O–H groups in total. The molecule has 0 aliphatic carbocycles. The molecule has 1 rings (SSSR count). The van der Waals surface area contributed by atoms with Crippen molar-refractivity contribution in [2.24, 2.45) is 5.92 Å². The van der Waals surface area contributed by atoms with Crippen LogP contribution in [0, 0.1) is 5.92 Å². The van der Waals surface area contributed by atoms with E-state index in [2.05, 4.69) is 5.32 Å². The maximum Gasteiger partial charge on any atom is 0.326 e. The lowest BCUT2D eigenvalue weighted by molar-refractivity contribution is -0.143. The number of aromatic nitrogens is 1. The molecule has 1 amide bonds. The van der Waals surface area contributed by atoms with Crippen molar-refractivity contribution in [1.29, 1.82) is 0 Å². The number of carbonyl (C=O) groups is 2. The van der Waals surface area contributed by atoms with Gasteiger partial charge in [-0.3, -0.25) is 9.59 Å². The number of halogens is 1. The van der Waals surface area contributed by atoms with Gasteiger partial charge in [-0.2, -0.15) is 0 Å². The van der Waals surface area contributed by atoms with Crippen LogP contribution in [0.1, 0.15) is 39.7 Å². The van der Waals surface area contributed by atoms with E-state index in [9.17, 15) is 19.5 Å². The monoisotopic (exact) mass is 328 g/mol. The van der Waals surface area contributed by atoms with Crippen LogP contribution in [0.2, 0.25) is 5.02 Å². The minimum Gasteiger partial charge on any atom is -0.480 e. The van der Waals surface area contributed by atoms with Crippen LogP contribution >= 0.6 is 11.6 Å². The van der Waals surface area contributed by atoms with Crippen LogP contribution in [0.3, 0.4) is 0 Å². The summed E-state index contributed by atoms with van der Waals surface area (Å²) in [6.07, 6.45) is 2.35. The minimum atomic E-state index is -1.09. The fraction of sp³-hybridized carbons (Fsp3) is 0.533. The van der Waals surface area contributed by atoms with Gasteiger partial charge in [0.15, 0.2) is 0 Å². The van der Waals surface area contributed by atoms with Gasteiger partial charge in [0.25, 0.3) is 5.56 Å². The summed E-state index contributed by atoms with van der Waals surface area (Å²) in [5, 5.41) is 12.1. The van der Waals surface area contributed by atoms with Crippen molar-refractivity contribution >= 4 is 23.5 Å². The van der Waals surface area contributed by atoms with Crippen molar-refractivity contribution < 1.29 is 14.7 Å². The molecule has 0 spiro atoms. The van der Waals surface area contributed by atoms with Gasteiger partial charge in [-0.25, -0.2) is 4.79 Å². The molecule has 0 aliphatic heterocycles. The number of amides is 1. The molecule has 6 nitrogen and oxygen atoms in total. The Morgan fingerprint density at radius 3 is 2.45 bits per heavy atom. The molecular formula is C15H21ClN2O4. The highest BCUT2D eigenvalue weighted by molar-refractivity contribution is 6.30. The van der Waals surface area contributed by atoms with Crippen LogP contribution in [-0.4, -0.2) is 27.6 Å². The molecule has 0 saturated carbocycles. The molecule has 0 saturated heterocycles. The molecule has 22 heavy (non-hydrogen) atoms. The third kappa shape index (κ3) is 4.34. The molecular weight excluding hydrogens is 308 g/mol. The SMILES string of the molecule is CCC(C)C(NC(=O)C(CC)n1cc(Cl)ccc1=O)C(=O)O. The van der Waals surface area contributed by atoms with Gasteiger partial charge < -0.3 is 15.0 Å². The first-order valence-electron chi connectivity index (χ1n) is 7.22. The van der Waals surface area contributed by atoms with Crippen molar-refractivity contribution in [3.8, 4) is 0 Å². The minimum absolute atomic E-state index is 0.213. The second-order valence-electron chi connectivity index (χ2n) is 5.23. The molecule has 3 atom stereocenters. The Morgan fingerprint density at radius 2 is 1.95 bits per heavy atom. The maximum atomic E-state index is 12.4. The number of carboxylic acid groups (broad SMARTS) is 1. The predicted molar refractivity (Wildman–Crippen MR) is 84.1 cm³/mol. The molecule has 0 bridgehead atoms. The zero-order valence-corrected chi connectivity index (χ0v) is 13.6. The molecule has 1 heterocycles. The molecule has 1 aromatic rings. The van der Waals surface area contributed by atoms with Crippen LogP contribution in [0.25, 0.3) is 0 Å². The van der Waals surface area contributed by atoms with Crippen molar-refractivity contribution in [1.82, 2.24) is 9.88 Å². The molecule has 7 heteroatoms. The number of aliphatic carboxylic acids is 1. The van der Waals surface area contributed by atoms with Gasteiger partial charge in [0.1, 0.15) is 12.1 Å². The zero-order valence-electron chi connectivity index (χ0n) is 12.9. The largest absolute Gasteiger partial charge is 0.480 e. The van der Waals surface area contributed by atoms with Crippen molar-refractivity contribution in [3.63, 3.8) is 0 Å². The number of nitrogens with zero attached hydrogens (tertiary/aromatic N) is 1. The molecule has 0 aromatic carbocycles. The van der Waals surface area contributed by atoms with Crippen LogP contribution in [0.15, 0.2) is 23.1 Å². The van der Waals surface area contributed by atoms with E-state index in [1.165, 1.54) is 22.9 Å². The van der Waals surface area contributed by atoms with Crippen LogP contribution in [-0.2, 0) is 9.59 Å². The summed E-state index contributed by atoms with van der Waals surface area (Å²) in [6.45, 7) is 5.35. The third-order valence-corrected chi connectivity index (χ3v) is 3.93. The van der Waals surface area contributed by atoms with Gasteiger partial charge in [0, 0.05) is 12.3 Å². The molecule has 122 valence electrons. The highest BCUT2D eigenvalue weighted by atomic mass is 35.5. The molecule has 1 aromatic heterocycles. The van der Waals surface area contributed by atoms with Crippen molar-refractivity contribution in [2.75, 3.05) is 0 Å². The fourth-order valence-electron chi connectivity index (χ4n) is 2.16. The second-order valence-corrected chi connectivity index (χ2v) is 5.66. The predicted octanol–water partition coefficient (Wildman–Crippen LogP) is 2.07. The number of carbonyl (C=O) groups excluding carboxylic acids is 1. The maximum absolute atomic E-state index is 12.4. The molecule has 0 fully saturated rings. The Kier molecular flexibility index (Phi) is 6.61. The van der Waals surface area contributed by atoms with E-state index >= 15 is 0 Å². The van der Waals surface area contributed by atoms with Gasteiger partial charge >= 0.3 is 5.97 Å². The van der Waals surface area contributed by atoms with E-state index in [1.807, 2.05) is 6.92 Å². The average molecular weight is 329 g/mol. The van der Waals surface area contributed by atoms with Crippen LogP contribution in [0.5, 0.6) is 0 Å². The third-order valence-electron chi connectivity index (χ3n) is 3.70. The number of carboxylic acids is 1. The lowest BCUT2D eigenvalue weighted by Crippen LogP contribution is -2.48. The number of rotatable bonds is 7. The van der Waals surface area contributed by atoms with E-state index in [0.29, 0.717) is 17.9 Å². The lowest BCUT2D eigenvalue weighted by atomic mass is 9.98. The zero-order chi connectivity index (χ0) is 16.9. The Labute approximate surface area is 134 Å². The fourth-order valence-corrected chi connectivity index (χ4v) is 2.33. The number of hydrogen-bond acceptors (Lipinski definition) is 3. The smallest absolute Gasteiger partial charge is 0.326 e. The van der Waals surface area contributed by atoms with Gasteiger partial charge in [0.2, 0.25) is 5.91 Å². The average Bonchev–Trinajstić information content (AvgIpc) is 2.48. The first-order chi connectivity index (χ1) is 10.3. The highest BCUT2D eigenvalue weighted by Crippen LogP contribution is 2.15. The Morgan fingerprint density at radius 1 is 1.32 bits per heavy atom. The summed E-state index contributed by atoms with van der Waals surface area (Å²) in [6, 6.07) is 0.949. The van der Waals surface area contributed by atoms with E-state index in [0.717, 1.165) is 0 Å². The topological polar surface area (TPSA) is 88.4 Å². The quantitative estimate of drug-likeness (QED) is 0.802. The van der Waals surface area contributed by atoms with E-state index < -0.39 is 24.0 Å². The summed E-state index contributed by atoms with van der Waals surface area (Å²) >= 11 is 5.87. The summed E-state index contributed by atoms with van der Waals surface area (Å²) < 4.78 is 1.23. The first kappa shape index (κ1) is 18.2. The number of nitrogens with one attached hydrogen (secondary N) is 1. The highest BCUT2D eigenvalue weighted by Gasteiger charge is 2.29. The Hall–Kier alpha value is -1.82. The van der Waals surface area contributed by atoms with Crippen molar-refractivity contribution in [2.45, 2.75) is 45.7 Å². The van der Waals surface area contributed by atoms with Gasteiger partial charge in [-0.05, 0) is 18.4 Å². The summed E-state index contributed by atoms with van der Waals surface area (Å²) in [4.78, 5) is 35.6. The normalized spacial score (nSPS) is 14.9. The van der Waals surface area contributed by atoms with Crippen LogP contribution < -0.4 is 10.9 Å². The summed E-state index contributed by atoms with van der Waals surface area (Å²) in [5.74, 6) is -1.80. The van der Waals surface area contributed by atoms with Gasteiger partial charge in [-0.1, -0.05) is 38.8 Å². The van der Waals surface area contributed by atoms with Crippen LogP contribution in [0.4, 0.5) is 0 Å². The number of hydrogen-bond donors (Lipinski definition) is 2. The molecule has 0 aliphatic rings. The molecule has 0 radical (unpaired) electrons. The van der Waals surface area contributed by atoms with Gasteiger partial charge in [0.05, 0.1) is 5.02 Å². The number of pyridine rings is 1. The van der Waals surface area contributed by atoms with E-state index in [4.69, 9.17) is 11.6 Å². The van der Waals surface area contributed by atoms with Crippen molar-refractivity contribution in [3.05, 3.63) is 33.7 Å². The van der Waals surface area contributed by atoms with E-state index in [1.54, 1.807) is 13.8 Å². The second kappa shape index (κ2) is 7.98. The van der Waals surface area contributed by atoms with Gasteiger partial charge in [-0.15, -0.1) is 0 Å². The lowest BCUT2D eigenvalue weighted by Gasteiger charge is -2.24. The summed E-state index contributed by atoms with van der Waals surface area (Å²) in [5.41, 5.74) is -0.359. The molecule has 3 unspecified atom stereocenters.